The summed E-state index contributed by atoms with van der Waals surface area (Å²) in [5.41, 5.74) is 3.49. The number of aromatic nitrogens is 5. The lowest BCUT2D eigenvalue weighted by atomic mass is 10.1. The summed E-state index contributed by atoms with van der Waals surface area (Å²) in [6, 6.07) is 15.8. The van der Waals surface area contributed by atoms with Gasteiger partial charge < -0.3 is 9.47 Å². The molecule has 0 saturated heterocycles. The predicted octanol–water partition coefficient (Wildman–Crippen LogP) is 4.37. The standard InChI is InChI=1S/C23H18FN5O2/c1-14-9-15(11-16(24)10-14)19-5-6-22-26-27-23(29(22)28-19)13-31-21-7-8-25-20-12-17(30-2)3-4-18(20)21/h3-12H,13H2,1-2H3. The van der Waals surface area contributed by atoms with Crippen molar-refractivity contribution in [2.45, 2.75) is 13.5 Å². The van der Waals surface area contributed by atoms with Crippen LogP contribution in [-0.2, 0) is 6.61 Å². The van der Waals surface area contributed by atoms with Crippen LogP contribution >= 0.6 is 0 Å². The Morgan fingerprint density at radius 1 is 1.00 bits per heavy atom. The van der Waals surface area contributed by atoms with Crippen LogP contribution in [0, 0.1) is 12.7 Å². The van der Waals surface area contributed by atoms with Gasteiger partial charge in [-0.25, -0.2) is 4.39 Å². The number of ether oxygens (including phenoxy) is 2. The van der Waals surface area contributed by atoms with Gasteiger partial charge in [-0.05, 0) is 61.0 Å². The number of methoxy groups -OCH3 is 1. The van der Waals surface area contributed by atoms with Crippen molar-refractivity contribution in [1.29, 1.82) is 0 Å². The van der Waals surface area contributed by atoms with Crippen molar-refractivity contribution in [3.8, 4) is 22.8 Å². The topological polar surface area (TPSA) is 74.4 Å². The molecule has 0 atom stereocenters. The van der Waals surface area contributed by atoms with Crippen LogP contribution in [0.4, 0.5) is 4.39 Å². The third kappa shape index (κ3) is 3.63. The molecule has 154 valence electrons. The van der Waals surface area contributed by atoms with Gasteiger partial charge in [0.2, 0.25) is 0 Å². The number of fused-ring (bicyclic) bond motifs is 2. The SMILES string of the molecule is COc1ccc2c(OCc3nnc4ccc(-c5cc(C)cc(F)c5)nn34)ccnc2c1. The number of hydrogen-bond acceptors (Lipinski definition) is 6. The fourth-order valence-corrected chi connectivity index (χ4v) is 3.46. The van der Waals surface area contributed by atoms with Crippen molar-refractivity contribution in [1.82, 2.24) is 24.8 Å². The van der Waals surface area contributed by atoms with Gasteiger partial charge in [0.1, 0.15) is 23.9 Å². The first-order valence-corrected chi connectivity index (χ1v) is 9.65. The number of hydrogen-bond donors (Lipinski definition) is 0. The molecule has 3 aromatic heterocycles. The van der Waals surface area contributed by atoms with Gasteiger partial charge in [-0.1, -0.05) is 0 Å². The van der Waals surface area contributed by atoms with Crippen molar-refractivity contribution in [2.75, 3.05) is 7.11 Å². The van der Waals surface area contributed by atoms with Crippen LogP contribution < -0.4 is 9.47 Å². The van der Waals surface area contributed by atoms with E-state index >= 15 is 0 Å². The fourth-order valence-electron chi connectivity index (χ4n) is 3.46. The molecule has 7 nitrogen and oxygen atoms in total. The Balaban J connectivity index is 1.47. The van der Waals surface area contributed by atoms with E-state index in [9.17, 15) is 4.39 Å². The third-order valence-electron chi connectivity index (χ3n) is 4.93. The van der Waals surface area contributed by atoms with Crippen molar-refractivity contribution in [3.05, 3.63) is 78.0 Å². The molecule has 0 aliphatic carbocycles. The molecule has 0 saturated carbocycles. The maximum atomic E-state index is 13.8. The lowest BCUT2D eigenvalue weighted by Crippen LogP contribution is -2.05. The Morgan fingerprint density at radius 2 is 1.90 bits per heavy atom. The second-order valence-corrected chi connectivity index (χ2v) is 7.10. The summed E-state index contributed by atoms with van der Waals surface area (Å²) in [5.74, 6) is 1.63. The molecule has 5 rings (SSSR count). The quantitative estimate of drug-likeness (QED) is 0.424. The van der Waals surface area contributed by atoms with E-state index in [2.05, 4.69) is 20.3 Å². The smallest absolute Gasteiger partial charge is 0.192 e. The summed E-state index contributed by atoms with van der Waals surface area (Å²) in [6.45, 7) is 2.00. The monoisotopic (exact) mass is 415 g/mol. The minimum absolute atomic E-state index is 0.158. The van der Waals surface area contributed by atoms with E-state index < -0.39 is 0 Å². The molecule has 0 amide bonds. The summed E-state index contributed by atoms with van der Waals surface area (Å²) in [5, 5.41) is 13.8. The van der Waals surface area contributed by atoms with Crippen LogP contribution in [0.5, 0.6) is 11.5 Å². The van der Waals surface area contributed by atoms with E-state index in [1.54, 1.807) is 36.0 Å². The van der Waals surface area contributed by atoms with Gasteiger partial charge in [0.25, 0.3) is 0 Å². The summed E-state index contributed by atoms with van der Waals surface area (Å²) < 4.78 is 26.7. The summed E-state index contributed by atoms with van der Waals surface area (Å²) in [7, 11) is 1.62. The van der Waals surface area contributed by atoms with Gasteiger partial charge in [-0.3, -0.25) is 4.98 Å². The predicted molar refractivity (Wildman–Crippen MR) is 114 cm³/mol. The van der Waals surface area contributed by atoms with E-state index in [4.69, 9.17) is 9.47 Å². The second-order valence-electron chi connectivity index (χ2n) is 7.10. The normalized spacial score (nSPS) is 11.2. The first-order valence-electron chi connectivity index (χ1n) is 9.65. The van der Waals surface area contributed by atoms with E-state index in [0.717, 1.165) is 22.2 Å². The number of nitrogens with zero attached hydrogens (tertiary/aromatic N) is 5. The number of aryl methyl sites for hydroxylation is 1. The average molecular weight is 415 g/mol. The third-order valence-corrected chi connectivity index (χ3v) is 4.93. The molecular formula is C23H18FN5O2. The van der Waals surface area contributed by atoms with Crippen LogP contribution in [0.3, 0.4) is 0 Å². The van der Waals surface area contributed by atoms with Gasteiger partial charge in [0, 0.05) is 23.2 Å². The van der Waals surface area contributed by atoms with E-state index in [0.29, 0.717) is 28.5 Å². The second kappa shape index (κ2) is 7.64. The van der Waals surface area contributed by atoms with Crippen LogP contribution in [-0.4, -0.2) is 31.9 Å². The number of rotatable bonds is 5. The number of benzene rings is 2. The minimum atomic E-state index is -0.301. The highest BCUT2D eigenvalue weighted by Crippen LogP contribution is 2.28. The van der Waals surface area contributed by atoms with Crippen LogP contribution in [0.25, 0.3) is 27.8 Å². The first-order chi connectivity index (χ1) is 15.1. The lowest BCUT2D eigenvalue weighted by Gasteiger charge is -2.09. The molecule has 0 spiro atoms. The van der Waals surface area contributed by atoms with Gasteiger partial charge in [0.15, 0.2) is 11.5 Å². The van der Waals surface area contributed by atoms with E-state index in [1.165, 1.54) is 12.1 Å². The zero-order valence-electron chi connectivity index (χ0n) is 16.9. The Kier molecular flexibility index (Phi) is 4.66. The molecule has 3 heterocycles. The van der Waals surface area contributed by atoms with Gasteiger partial charge in [0.05, 0.1) is 18.3 Å². The summed E-state index contributed by atoms with van der Waals surface area (Å²) >= 11 is 0. The minimum Gasteiger partial charge on any atom is -0.497 e. The van der Waals surface area contributed by atoms with Crippen molar-refractivity contribution < 1.29 is 13.9 Å². The highest BCUT2D eigenvalue weighted by atomic mass is 19.1. The Morgan fingerprint density at radius 3 is 2.74 bits per heavy atom. The van der Waals surface area contributed by atoms with Crippen molar-refractivity contribution in [3.63, 3.8) is 0 Å². The molecule has 0 aliphatic heterocycles. The average Bonchev–Trinajstić information content (AvgIpc) is 3.18. The van der Waals surface area contributed by atoms with E-state index in [-0.39, 0.29) is 12.4 Å². The molecule has 0 N–H and O–H groups in total. The highest BCUT2D eigenvalue weighted by molar-refractivity contribution is 5.85. The molecule has 5 aromatic rings. The van der Waals surface area contributed by atoms with Crippen LogP contribution in [0.2, 0.25) is 0 Å². The molecular weight excluding hydrogens is 397 g/mol. The molecule has 0 unspecified atom stereocenters. The zero-order valence-corrected chi connectivity index (χ0v) is 16.9. The maximum Gasteiger partial charge on any atom is 0.192 e. The zero-order chi connectivity index (χ0) is 21.4. The lowest BCUT2D eigenvalue weighted by molar-refractivity contribution is 0.296. The van der Waals surface area contributed by atoms with Crippen LogP contribution in [0.1, 0.15) is 11.4 Å². The fraction of sp³-hybridized carbons (Fsp3) is 0.130. The van der Waals surface area contributed by atoms with Crippen molar-refractivity contribution in [2.24, 2.45) is 0 Å². The Hall–Kier alpha value is -4.07. The molecule has 2 aromatic carbocycles. The van der Waals surface area contributed by atoms with E-state index in [1.807, 2.05) is 31.2 Å². The summed E-state index contributed by atoms with van der Waals surface area (Å²) in [6.07, 6.45) is 1.68. The largest absolute Gasteiger partial charge is 0.497 e. The van der Waals surface area contributed by atoms with Gasteiger partial charge >= 0.3 is 0 Å². The molecule has 8 heteroatoms. The number of halogens is 1. The highest BCUT2D eigenvalue weighted by Gasteiger charge is 2.12. The van der Waals surface area contributed by atoms with Crippen LogP contribution in [0.15, 0.2) is 60.8 Å². The van der Waals surface area contributed by atoms with Gasteiger partial charge in [-0.15, -0.1) is 10.2 Å². The summed E-state index contributed by atoms with van der Waals surface area (Å²) in [4.78, 5) is 4.37. The first kappa shape index (κ1) is 18.9. The van der Waals surface area contributed by atoms with Gasteiger partial charge in [-0.2, -0.15) is 9.61 Å². The Labute approximate surface area is 177 Å². The molecule has 31 heavy (non-hydrogen) atoms. The molecule has 0 fully saturated rings. The molecule has 0 radical (unpaired) electrons. The molecule has 0 bridgehead atoms. The molecule has 0 aliphatic rings. The Bertz CT molecular complexity index is 1400. The van der Waals surface area contributed by atoms with Crippen molar-refractivity contribution >= 4 is 16.6 Å². The number of pyridine rings is 1. The maximum absolute atomic E-state index is 13.8.